The van der Waals surface area contributed by atoms with Gasteiger partial charge in [0.2, 0.25) is 5.91 Å². The maximum Gasteiger partial charge on any atom is 0.238 e. The minimum absolute atomic E-state index is 0.0337. The Morgan fingerprint density at radius 3 is 2.74 bits per heavy atom. The lowest BCUT2D eigenvalue weighted by atomic mass is 10.0. The SMILES string of the molecule is Cc1ccc(NC(=O)CN2CCCC2c2ccc3c(c2)OCCO3)c(C)c1. The molecular weight excluding hydrogens is 340 g/mol. The first-order chi connectivity index (χ1) is 13.1. The molecule has 0 bridgehead atoms. The molecular formula is C22H26N2O3. The van der Waals surface area contributed by atoms with Crippen molar-refractivity contribution in [2.45, 2.75) is 32.7 Å². The molecule has 1 atom stereocenters. The summed E-state index contributed by atoms with van der Waals surface area (Å²) in [6.45, 7) is 6.59. The molecule has 1 unspecified atom stereocenters. The Balaban J connectivity index is 1.44. The summed E-state index contributed by atoms with van der Waals surface area (Å²) in [5.41, 5.74) is 4.37. The number of rotatable bonds is 4. The summed E-state index contributed by atoms with van der Waals surface area (Å²) in [6, 6.07) is 12.5. The second-order valence-corrected chi connectivity index (χ2v) is 7.40. The van der Waals surface area contributed by atoms with E-state index in [4.69, 9.17) is 9.47 Å². The Hall–Kier alpha value is -2.53. The second-order valence-electron chi connectivity index (χ2n) is 7.40. The predicted octanol–water partition coefficient (Wildman–Crippen LogP) is 3.85. The fourth-order valence-corrected chi connectivity index (χ4v) is 3.99. The molecule has 2 heterocycles. The Labute approximate surface area is 160 Å². The first-order valence-electron chi connectivity index (χ1n) is 9.61. The quantitative estimate of drug-likeness (QED) is 0.893. The van der Waals surface area contributed by atoms with Gasteiger partial charge in [0.1, 0.15) is 13.2 Å². The van der Waals surface area contributed by atoms with Gasteiger partial charge in [-0.15, -0.1) is 0 Å². The van der Waals surface area contributed by atoms with Crippen LogP contribution in [0.5, 0.6) is 11.5 Å². The number of fused-ring (bicyclic) bond motifs is 1. The van der Waals surface area contributed by atoms with Gasteiger partial charge in [-0.2, -0.15) is 0 Å². The molecule has 1 N–H and O–H groups in total. The number of likely N-dealkylation sites (tertiary alicyclic amines) is 1. The zero-order chi connectivity index (χ0) is 18.8. The van der Waals surface area contributed by atoms with Gasteiger partial charge < -0.3 is 14.8 Å². The fourth-order valence-electron chi connectivity index (χ4n) is 3.99. The highest BCUT2D eigenvalue weighted by Gasteiger charge is 2.28. The molecule has 1 fully saturated rings. The van der Waals surface area contributed by atoms with Crippen molar-refractivity contribution in [3.8, 4) is 11.5 Å². The van der Waals surface area contributed by atoms with Crippen LogP contribution in [0, 0.1) is 13.8 Å². The number of hydrogen-bond donors (Lipinski definition) is 1. The van der Waals surface area contributed by atoms with Crippen molar-refractivity contribution in [3.63, 3.8) is 0 Å². The summed E-state index contributed by atoms with van der Waals surface area (Å²) < 4.78 is 11.3. The highest BCUT2D eigenvalue weighted by atomic mass is 16.6. The van der Waals surface area contributed by atoms with Crippen LogP contribution < -0.4 is 14.8 Å². The van der Waals surface area contributed by atoms with E-state index in [2.05, 4.69) is 35.3 Å². The average Bonchev–Trinajstić information content (AvgIpc) is 3.11. The third-order valence-corrected chi connectivity index (χ3v) is 5.32. The van der Waals surface area contributed by atoms with Crippen LogP contribution in [0.3, 0.4) is 0 Å². The van der Waals surface area contributed by atoms with E-state index in [9.17, 15) is 4.79 Å². The number of carbonyl (C=O) groups excluding carboxylic acids is 1. The van der Waals surface area contributed by atoms with Crippen LogP contribution in [0.1, 0.15) is 35.6 Å². The monoisotopic (exact) mass is 366 g/mol. The predicted molar refractivity (Wildman–Crippen MR) is 106 cm³/mol. The van der Waals surface area contributed by atoms with Crippen LogP contribution in [0.2, 0.25) is 0 Å². The van der Waals surface area contributed by atoms with E-state index in [1.165, 1.54) is 11.1 Å². The third kappa shape index (κ3) is 3.93. The smallest absolute Gasteiger partial charge is 0.238 e. The average molecular weight is 366 g/mol. The van der Waals surface area contributed by atoms with Crippen molar-refractivity contribution in [1.82, 2.24) is 4.90 Å². The third-order valence-electron chi connectivity index (χ3n) is 5.32. The molecule has 2 aromatic carbocycles. The van der Waals surface area contributed by atoms with Crippen LogP contribution in [0.4, 0.5) is 5.69 Å². The minimum atomic E-state index is 0.0337. The molecule has 0 saturated carbocycles. The summed E-state index contributed by atoms with van der Waals surface area (Å²) in [7, 11) is 0. The maximum absolute atomic E-state index is 12.6. The van der Waals surface area contributed by atoms with Crippen LogP contribution >= 0.6 is 0 Å². The van der Waals surface area contributed by atoms with E-state index in [1.54, 1.807) is 0 Å². The van der Waals surface area contributed by atoms with E-state index in [-0.39, 0.29) is 11.9 Å². The molecule has 2 aliphatic rings. The topological polar surface area (TPSA) is 50.8 Å². The highest BCUT2D eigenvalue weighted by Crippen LogP contribution is 2.37. The zero-order valence-corrected chi connectivity index (χ0v) is 16.0. The standard InChI is InChI=1S/C22H26N2O3/c1-15-5-7-18(16(2)12-15)23-22(25)14-24-9-3-4-19(24)17-6-8-20-21(13-17)27-11-10-26-20/h5-8,12-13,19H,3-4,9-11,14H2,1-2H3,(H,23,25). The van der Waals surface area contributed by atoms with E-state index >= 15 is 0 Å². The van der Waals surface area contributed by atoms with Gasteiger partial charge >= 0.3 is 0 Å². The number of nitrogens with one attached hydrogen (secondary N) is 1. The van der Waals surface area contributed by atoms with Crippen LogP contribution in [0.15, 0.2) is 36.4 Å². The van der Waals surface area contributed by atoms with E-state index in [0.717, 1.165) is 42.1 Å². The lowest BCUT2D eigenvalue weighted by molar-refractivity contribution is -0.117. The number of aryl methyl sites for hydroxylation is 2. The van der Waals surface area contributed by atoms with Crippen molar-refractivity contribution in [2.24, 2.45) is 0 Å². The normalized spacial score (nSPS) is 19.1. The minimum Gasteiger partial charge on any atom is -0.486 e. The van der Waals surface area contributed by atoms with Crippen LogP contribution in [-0.2, 0) is 4.79 Å². The van der Waals surface area contributed by atoms with Crippen molar-refractivity contribution in [3.05, 3.63) is 53.1 Å². The van der Waals surface area contributed by atoms with Gasteiger partial charge in [0.05, 0.1) is 6.54 Å². The highest BCUT2D eigenvalue weighted by molar-refractivity contribution is 5.93. The Morgan fingerprint density at radius 1 is 1.11 bits per heavy atom. The molecule has 5 heteroatoms. The zero-order valence-electron chi connectivity index (χ0n) is 16.0. The number of ether oxygens (including phenoxy) is 2. The first-order valence-corrected chi connectivity index (χ1v) is 9.61. The number of nitrogens with zero attached hydrogens (tertiary/aromatic N) is 1. The number of hydrogen-bond acceptors (Lipinski definition) is 4. The van der Waals surface area contributed by atoms with Gasteiger partial charge in [-0.25, -0.2) is 0 Å². The van der Waals surface area contributed by atoms with Crippen molar-refractivity contribution < 1.29 is 14.3 Å². The molecule has 2 aliphatic heterocycles. The van der Waals surface area contributed by atoms with Gasteiger partial charge in [0.25, 0.3) is 0 Å². The molecule has 4 rings (SSSR count). The Morgan fingerprint density at radius 2 is 1.93 bits per heavy atom. The fraction of sp³-hybridized carbons (Fsp3) is 0.409. The van der Waals surface area contributed by atoms with Crippen molar-refractivity contribution >= 4 is 11.6 Å². The lowest BCUT2D eigenvalue weighted by Gasteiger charge is -2.26. The van der Waals surface area contributed by atoms with Gasteiger partial charge in [-0.1, -0.05) is 23.8 Å². The van der Waals surface area contributed by atoms with E-state index in [1.807, 2.05) is 25.1 Å². The maximum atomic E-state index is 12.6. The van der Waals surface area contributed by atoms with Crippen molar-refractivity contribution in [1.29, 1.82) is 0 Å². The Bertz CT molecular complexity index is 849. The molecule has 0 radical (unpaired) electrons. The molecule has 142 valence electrons. The molecule has 0 spiro atoms. The van der Waals surface area contributed by atoms with Crippen LogP contribution in [-0.4, -0.2) is 37.1 Å². The number of carbonyl (C=O) groups is 1. The number of anilines is 1. The van der Waals surface area contributed by atoms with Gasteiger partial charge in [0.15, 0.2) is 11.5 Å². The van der Waals surface area contributed by atoms with Gasteiger partial charge in [0, 0.05) is 11.7 Å². The Kier molecular flexibility index (Phi) is 5.03. The molecule has 1 amide bonds. The lowest BCUT2D eigenvalue weighted by Crippen LogP contribution is -2.33. The molecule has 5 nitrogen and oxygen atoms in total. The second kappa shape index (κ2) is 7.61. The van der Waals surface area contributed by atoms with Gasteiger partial charge in [-0.05, 0) is 62.6 Å². The summed E-state index contributed by atoms with van der Waals surface area (Å²) in [5, 5.41) is 3.06. The summed E-state index contributed by atoms with van der Waals surface area (Å²) in [4.78, 5) is 14.9. The molecule has 27 heavy (non-hydrogen) atoms. The summed E-state index contributed by atoms with van der Waals surface area (Å²) >= 11 is 0. The van der Waals surface area contributed by atoms with E-state index in [0.29, 0.717) is 19.8 Å². The van der Waals surface area contributed by atoms with Crippen LogP contribution in [0.25, 0.3) is 0 Å². The molecule has 2 aromatic rings. The first kappa shape index (κ1) is 17.9. The molecule has 0 aromatic heterocycles. The molecule has 0 aliphatic carbocycles. The largest absolute Gasteiger partial charge is 0.486 e. The van der Waals surface area contributed by atoms with Crippen molar-refractivity contribution in [2.75, 3.05) is 31.6 Å². The van der Waals surface area contributed by atoms with E-state index < -0.39 is 0 Å². The summed E-state index contributed by atoms with van der Waals surface area (Å²) in [6.07, 6.45) is 2.15. The number of benzene rings is 2. The van der Waals surface area contributed by atoms with Gasteiger partial charge in [-0.3, -0.25) is 9.69 Å². The summed E-state index contributed by atoms with van der Waals surface area (Å²) in [5.74, 6) is 1.65. The molecule has 1 saturated heterocycles. The number of amides is 1.